The van der Waals surface area contributed by atoms with Gasteiger partial charge in [0.15, 0.2) is 5.03 Å². The molecular formula is C21H21ClN6O4S. The number of ether oxygens (including phenoxy) is 1. The zero-order chi connectivity index (χ0) is 23.2. The van der Waals surface area contributed by atoms with E-state index in [1.54, 1.807) is 17.8 Å². The van der Waals surface area contributed by atoms with Crippen LogP contribution in [-0.4, -0.2) is 44.8 Å². The summed E-state index contributed by atoms with van der Waals surface area (Å²) in [5.41, 5.74) is 0.833. The van der Waals surface area contributed by atoms with Gasteiger partial charge in [-0.1, -0.05) is 11.6 Å². The van der Waals surface area contributed by atoms with Gasteiger partial charge in [0, 0.05) is 18.2 Å². The Balaban J connectivity index is 1.46. The van der Waals surface area contributed by atoms with Crippen LogP contribution in [0, 0.1) is 6.92 Å². The third-order valence-electron chi connectivity index (χ3n) is 5.68. The highest BCUT2D eigenvalue weighted by molar-refractivity contribution is 7.91. The second-order valence-electron chi connectivity index (χ2n) is 7.92. The predicted molar refractivity (Wildman–Crippen MR) is 120 cm³/mol. The first-order chi connectivity index (χ1) is 15.8. The van der Waals surface area contributed by atoms with Crippen LogP contribution < -0.4 is 5.56 Å². The van der Waals surface area contributed by atoms with Crippen LogP contribution in [0.25, 0.3) is 10.8 Å². The molecule has 12 heteroatoms. The highest BCUT2D eigenvalue weighted by Crippen LogP contribution is 2.26. The van der Waals surface area contributed by atoms with Crippen molar-refractivity contribution in [3.05, 3.63) is 63.4 Å². The molecule has 0 radical (unpaired) electrons. The molecule has 3 aromatic heterocycles. The van der Waals surface area contributed by atoms with Crippen LogP contribution in [0.2, 0.25) is 5.02 Å². The molecule has 1 N–H and O–H groups in total. The molecule has 5 rings (SSSR count). The minimum atomic E-state index is -3.88. The first kappa shape index (κ1) is 21.8. The van der Waals surface area contributed by atoms with Gasteiger partial charge in [0.05, 0.1) is 33.7 Å². The topological polar surface area (TPSA) is 125 Å². The van der Waals surface area contributed by atoms with Crippen molar-refractivity contribution < 1.29 is 13.2 Å². The number of halogens is 1. The summed E-state index contributed by atoms with van der Waals surface area (Å²) < 4.78 is 34.8. The van der Waals surface area contributed by atoms with Gasteiger partial charge in [0.1, 0.15) is 11.9 Å². The Labute approximate surface area is 194 Å². The third-order valence-corrected chi connectivity index (χ3v) is 7.83. The summed E-state index contributed by atoms with van der Waals surface area (Å²) >= 11 is 6.19. The molecule has 1 saturated heterocycles. The summed E-state index contributed by atoms with van der Waals surface area (Å²) in [5, 5.41) is 16.4. The number of nitrogens with zero attached hydrogens (tertiary/aromatic N) is 5. The van der Waals surface area contributed by atoms with Crippen molar-refractivity contribution in [2.45, 2.75) is 48.9 Å². The number of sulfone groups is 1. The monoisotopic (exact) mass is 488 g/mol. The van der Waals surface area contributed by atoms with E-state index in [1.165, 1.54) is 35.1 Å². The van der Waals surface area contributed by atoms with Crippen molar-refractivity contribution in [2.24, 2.45) is 0 Å². The Hall–Kier alpha value is -3.02. The Bertz CT molecular complexity index is 1500. The normalized spacial score (nSPS) is 17.0. The van der Waals surface area contributed by atoms with Crippen LogP contribution in [0.5, 0.6) is 0 Å². The molecule has 0 saturated carbocycles. The lowest BCUT2D eigenvalue weighted by Crippen LogP contribution is -2.23. The average Bonchev–Trinajstić information content (AvgIpc) is 3.45. The quantitative estimate of drug-likeness (QED) is 0.458. The van der Waals surface area contributed by atoms with Gasteiger partial charge in [-0.15, -0.1) is 0 Å². The average molecular weight is 489 g/mol. The van der Waals surface area contributed by atoms with Crippen LogP contribution >= 0.6 is 11.6 Å². The summed E-state index contributed by atoms with van der Waals surface area (Å²) in [6.07, 6.45) is 5.61. The highest BCUT2D eigenvalue weighted by Gasteiger charge is 2.24. The number of aryl methyl sites for hydroxylation is 1. The van der Waals surface area contributed by atoms with Crippen LogP contribution in [0.4, 0.5) is 0 Å². The second-order valence-corrected chi connectivity index (χ2v) is 10.2. The Morgan fingerprint density at radius 3 is 2.85 bits per heavy atom. The largest absolute Gasteiger partial charge is 0.357 e. The lowest BCUT2D eigenvalue weighted by Gasteiger charge is -2.22. The van der Waals surface area contributed by atoms with Crippen molar-refractivity contribution in [1.82, 2.24) is 29.8 Å². The molecule has 0 bridgehead atoms. The fourth-order valence-corrected chi connectivity index (χ4v) is 5.19. The maximum Gasteiger partial charge on any atom is 0.274 e. The van der Waals surface area contributed by atoms with E-state index >= 15 is 0 Å². The minimum Gasteiger partial charge on any atom is -0.357 e. The fraction of sp³-hybridized carbons (Fsp3) is 0.333. The van der Waals surface area contributed by atoms with Gasteiger partial charge >= 0.3 is 0 Å². The predicted octanol–water partition coefficient (Wildman–Crippen LogP) is 2.86. The molecule has 1 fully saturated rings. The molecule has 1 aliphatic heterocycles. The number of benzene rings is 1. The van der Waals surface area contributed by atoms with Gasteiger partial charge in [-0.05, 0) is 50.5 Å². The summed E-state index contributed by atoms with van der Waals surface area (Å²) in [6, 6.07) is 5.79. The summed E-state index contributed by atoms with van der Waals surface area (Å²) in [7, 11) is -3.88. The van der Waals surface area contributed by atoms with Crippen molar-refractivity contribution in [3.8, 4) is 0 Å². The Morgan fingerprint density at radius 2 is 2.12 bits per heavy atom. The summed E-state index contributed by atoms with van der Waals surface area (Å²) in [5.74, 6) is 0. The molecule has 1 unspecified atom stereocenters. The Kier molecular flexibility index (Phi) is 5.55. The summed E-state index contributed by atoms with van der Waals surface area (Å²) in [4.78, 5) is 12.9. The molecule has 1 aliphatic rings. The van der Waals surface area contributed by atoms with E-state index in [0.717, 1.165) is 19.3 Å². The first-order valence-electron chi connectivity index (χ1n) is 10.5. The molecule has 0 amide bonds. The van der Waals surface area contributed by atoms with Gasteiger partial charge in [0.25, 0.3) is 5.56 Å². The Morgan fingerprint density at radius 1 is 1.27 bits per heavy atom. The maximum atomic E-state index is 13.2. The molecule has 0 spiro atoms. The molecule has 1 atom stereocenters. The van der Waals surface area contributed by atoms with Gasteiger partial charge < -0.3 is 4.74 Å². The molecule has 4 aromatic rings. The van der Waals surface area contributed by atoms with Crippen molar-refractivity contribution in [2.75, 3.05) is 6.61 Å². The maximum absolute atomic E-state index is 13.2. The van der Waals surface area contributed by atoms with Crippen molar-refractivity contribution in [3.63, 3.8) is 0 Å². The van der Waals surface area contributed by atoms with E-state index in [-0.39, 0.29) is 28.3 Å². The number of aromatic amines is 1. The number of nitrogens with one attached hydrogen (secondary N) is 1. The van der Waals surface area contributed by atoms with E-state index in [4.69, 9.17) is 16.3 Å². The van der Waals surface area contributed by atoms with E-state index in [2.05, 4.69) is 20.4 Å². The van der Waals surface area contributed by atoms with Gasteiger partial charge in [0.2, 0.25) is 9.84 Å². The number of hydrogen-bond donors (Lipinski definition) is 1. The van der Waals surface area contributed by atoms with Crippen LogP contribution in [0.1, 0.15) is 36.9 Å². The second kappa shape index (κ2) is 8.40. The van der Waals surface area contributed by atoms with Gasteiger partial charge in [-0.25, -0.2) is 17.8 Å². The molecule has 33 heavy (non-hydrogen) atoms. The van der Waals surface area contributed by atoms with Crippen LogP contribution in [0.15, 0.2) is 51.4 Å². The smallest absolute Gasteiger partial charge is 0.274 e. The number of hydrogen-bond acceptors (Lipinski definition) is 7. The summed E-state index contributed by atoms with van der Waals surface area (Å²) in [6.45, 7) is 2.51. The number of rotatable bonds is 5. The molecule has 1 aromatic carbocycles. The standard InChI is InChI=1S/C21H21ClN6O4S/c1-13-20(22)17(25-24-13)12-28-21(29)16-6-5-15(10-14(16)11-23-28)33(30,31)18-7-8-27(26-18)19-4-2-3-9-32-19/h5-8,10-11,19H,2-4,9,12H2,1H3,(H,24,25). The van der Waals surface area contributed by atoms with Crippen LogP contribution in [-0.2, 0) is 21.1 Å². The fourth-order valence-electron chi connectivity index (χ4n) is 3.84. The lowest BCUT2D eigenvalue weighted by molar-refractivity contribution is -0.0401. The molecule has 10 nitrogen and oxygen atoms in total. The zero-order valence-electron chi connectivity index (χ0n) is 17.7. The number of aromatic nitrogens is 6. The van der Waals surface area contributed by atoms with Crippen molar-refractivity contribution >= 4 is 32.2 Å². The number of fused-ring (bicyclic) bond motifs is 1. The van der Waals surface area contributed by atoms with E-state index in [0.29, 0.717) is 33.8 Å². The lowest BCUT2D eigenvalue weighted by atomic mass is 10.2. The van der Waals surface area contributed by atoms with E-state index < -0.39 is 9.84 Å². The highest BCUT2D eigenvalue weighted by atomic mass is 35.5. The van der Waals surface area contributed by atoms with Crippen LogP contribution in [0.3, 0.4) is 0 Å². The van der Waals surface area contributed by atoms with Gasteiger partial charge in [-0.3, -0.25) is 9.89 Å². The minimum absolute atomic E-state index is 0.0368. The zero-order valence-corrected chi connectivity index (χ0v) is 19.3. The van der Waals surface area contributed by atoms with Crippen molar-refractivity contribution in [1.29, 1.82) is 0 Å². The molecule has 172 valence electrons. The number of H-pyrrole nitrogens is 1. The third kappa shape index (κ3) is 3.96. The van der Waals surface area contributed by atoms with E-state index in [1.807, 2.05) is 0 Å². The SMILES string of the molecule is Cc1[nH]nc(Cn2ncc3cc(S(=O)(=O)c4ccn(C5CCCCO5)n4)ccc3c2=O)c1Cl. The van der Waals surface area contributed by atoms with E-state index in [9.17, 15) is 13.2 Å². The molecular weight excluding hydrogens is 468 g/mol. The molecule has 0 aliphatic carbocycles. The molecule has 4 heterocycles. The van der Waals surface area contributed by atoms with Gasteiger partial charge in [-0.2, -0.15) is 15.3 Å². The first-order valence-corrected chi connectivity index (χ1v) is 12.3.